The maximum absolute atomic E-state index is 11.9. The van der Waals surface area contributed by atoms with E-state index in [1.807, 2.05) is 0 Å². The Hall–Kier alpha value is -0.660. The number of nitrogens with one attached hydrogen (secondary N) is 2. The average Bonchev–Trinajstić information content (AvgIpc) is 2.31. The van der Waals surface area contributed by atoms with Crippen LogP contribution in [0.15, 0.2) is 22.9 Å². The topological polar surface area (TPSA) is 71.1 Å². The first kappa shape index (κ1) is 16.4. The maximum atomic E-state index is 11.9. The molecule has 2 N–H and O–H groups in total. The highest BCUT2D eigenvalue weighted by Crippen LogP contribution is 2.21. The molecule has 0 radical (unpaired) electrons. The quantitative estimate of drug-likeness (QED) is 0.706. The molecule has 0 aliphatic rings. The van der Waals surface area contributed by atoms with Crippen LogP contribution in [-0.4, -0.2) is 31.7 Å². The Morgan fingerprint density at radius 1 is 1.37 bits per heavy atom. The number of aromatic nitrogens is 1. The van der Waals surface area contributed by atoms with Crippen LogP contribution in [0.1, 0.15) is 26.7 Å². The summed E-state index contributed by atoms with van der Waals surface area (Å²) in [6.45, 7) is 4.98. The fourth-order valence-corrected chi connectivity index (χ4v) is 3.16. The molecule has 108 valence electrons. The van der Waals surface area contributed by atoms with E-state index in [1.54, 1.807) is 18.5 Å². The molecule has 1 aromatic heterocycles. The Morgan fingerprint density at radius 3 is 2.74 bits per heavy atom. The van der Waals surface area contributed by atoms with Crippen molar-refractivity contribution in [2.24, 2.45) is 0 Å². The Morgan fingerprint density at radius 2 is 2.11 bits per heavy atom. The number of hydrogen-bond donors (Lipinski definition) is 2. The minimum absolute atomic E-state index is 0.127. The van der Waals surface area contributed by atoms with Crippen molar-refractivity contribution in [2.45, 2.75) is 32.7 Å². The van der Waals surface area contributed by atoms with Gasteiger partial charge in [0, 0.05) is 18.4 Å². The van der Waals surface area contributed by atoms with Crippen LogP contribution >= 0.6 is 15.9 Å². The van der Waals surface area contributed by atoms with Gasteiger partial charge in [-0.3, -0.25) is 9.71 Å². The number of pyridine rings is 1. The predicted molar refractivity (Wildman–Crippen MR) is 81.7 cm³/mol. The lowest BCUT2D eigenvalue weighted by Crippen LogP contribution is -2.24. The zero-order valence-electron chi connectivity index (χ0n) is 11.2. The van der Waals surface area contributed by atoms with E-state index in [1.165, 1.54) is 0 Å². The minimum Gasteiger partial charge on any atom is -0.315 e. The molecule has 0 aliphatic heterocycles. The van der Waals surface area contributed by atoms with Crippen LogP contribution in [0.5, 0.6) is 0 Å². The minimum atomic E-state index is -3.29. The summed E-state index contributed by atoms with van der Waals surface area (Å²) in [6, 6.07) is 2.06. The number of anilines is 1. The predicted octanol–water partition coefficient (Wildman–Crippen LogP) is 2.36. The standard InChI is InChI=1S/C12H20BrN3O2S/c1-10(2)15-6-3-4-8-19(17,18)16-12-5-7-14-9-11(12)13/h5,7,9-10,15H,3-4,6,8H2,1-2H3,(H,14,16). The summed E-state index contributed by atoms with van der Waals surface area (Å²) >= 11 is 3.26. The van der Waals surface area contributed by atoms with Gasteiger partial charge in [0.25, 0.3) is 0 Å². The van der Waals surface area contributed by atoms with Gasteiger partial charge in [-0.1, -0.05) is 13.8 Å². The molecular weight excluding hydrogens is 330 g/mol. The highest BCUT2D eigenvalue weighted by molar-refractivity contribution is 9.10. The van der Waals surface area contributed by atoms with E-state index in [0.29, 0.717) is 22.6 Å². The second-order valence-electron chi connectivity index (χ2n) is 4.59. The zero-order valence-corrected chi connectivity index (χ0v) is 13.6. The molecule has 5 nitrogen and oxygen atoms in total. The van der Waals surface area contributed by atoms with Crippen LogP contribution in [0, 0.1) is 0 Å². The van der Waals surface area contributed by atoms with E-state index in [0.717, 1.165) is 13.0 Å². The average molecular weight is 350 g/mol. The fourth-order valence-electron chi connectivity index (χ4n) is 1.48. The SMILES string of the molecule is CC(C)NCCCCS(=O)(=O)Nc1ccncc1Br. The van der Waals surface area contributed by atoms with Crippen molar-refractivity contribution < 1.29 is 8.42 Å². The second kappa shape index (κ2) is 7.81. The summed E-state index contributed by atoms with van der Waals surface area (Å²) in [5.41, 5.74) is 0.523. The molecule has 0 saturated heterocycles. The maximum Gasteiger partial charge on any atom is 0.232 e. The number of nitrogens with zero attached hydrogens (tertiary/aromatic N) is 1. The van der Waals surface area contributed by atoms with Gasteiger partial charge in [-0.2, -0.15) is 0 Å². The van der Waals surface area contributed by atoms with E-state index >= 15 is 0 Å². The monoisotopic (exact) mass is 349 g/mol. The summed E-state index contributed by atoms with van der Waals surface area (Å²) in [5, 5.41) is 3.26. The highest BCUT2D eigenvalue weighted by Gasteiger charge is 2.11. The molecular formula is C12H20BrN3O2S. The smallest absolute Gasteiger partial charge is 0.232 e. The van der Waals surface area contributed by atoms with Crippen LogP contribution in [0.2, 0.25) is 0 Å². The van der Waals surface area contributed by atoms with E-state index in [-0.39, 0.29) is 5.75 Å². The lowest BCUT2D eigenvalue weighted by molar-refractivity contribution is 0.561. The van der Waals surface area contributed by atoms with Gasteiger partial charge >= 0.3 is 0 Å². The molecule has 7 heteroatoms. The van der Waals surface area contributed by atoms with Crippen molar-refractivity contribution in [1.82, 2.24) is 10.3 Å². The van der Waals surface area contributed by atoms with E-state index < -0.39 is 10.0 Å². The summed E-state index contributed by atoms with van der Waals surface area (Å²) in [4.78, 5) is 3.89. The number of hydrogen-bond acceptors (Lipinski definition) is 4. The van der Waals surface area contributed by atoms with Crippen molar-refractivity contribution in [3.05, 3.63) is 22.9 Å². The zero-order chi connectivity index (χ0) is 14.3. The fraction of sp³-hybridized carbons (Fsp3) is 0.583. The molecule has 0 spiro atoms. The van der Waals surface area contributed by atoms with Crippen LogP contribution in [-0.2, 0) is 10.0 Å². The van der Waals surface area contributed by atoms with Crippen molar-refractivity contribution in [2.75, 3.05) is 17.0 Å². The van der Waals surface area contributed by atoms with Crippen LogP contribution in [0.4, 0.5) is 5.69 Å². The molecule has 0 bridgehead atoms. The van der Waals surface area contributed by atoms with Gasteiger partial charge in [-0.15, -0.1) is 0 Å². The lowest BCUT2D eigenvalue weighted by Gasteiger charge is -2.10. The van der Waals surface area contributed by atoms with E-state index in [9.17, 15) is 8.42 Å². The normalized spacial score (nSPS) is 11.8. The van der Waals surface area contributed by atoms with Crippen molar-refractivity contribution in [3.8, 4) is 0 Å². The van der Waals surface area contributed by atoms with E-state index in [2.05, 4.69) is 44.8 Å². The van der Waals surface area contributed by atoms with Gasteiger partial charge < -0.3 is 5.32 Å². The largest absolute Gasteiger partial charge is 0.315 e. The third-order valence-corrected chi connectivity index (χ3v) is 4.42. The van der Waals surface area contributed by atoms with Crippen LogP contribution in [0.3, 0.4) is 0 Å². The van der Waals surface area contributed by atoms with Gasteiger partial charge in [0.15, 0.2) is 0 Å². The van der Waals surface area contributed by atoms with E-state index in [4.69, 9.17) is 0 Å². The van der Waals surface area contributed by atoms with Crippen LogP contribution < -0.4 is 10.0 Å². The van der Waals surface area contributed by atoms with Gasteiger partial charge in [-0.25, -0.2) is 8.42 Å². The van der Waals surface area contributed by atoms with Crippen molar-refractivity contribution in [3.63, 3.8) is 0 Å². The Balaban J connectivity index is 2.38. The molecule has 0 unspecified atom stereocenters. The molecule has 19 heavy (non-hydrogen) atoms. The molecule has 0 amide bonds. The molecule has 1 aromatic rings. The highest BCUT2D eigenvalue weighted by atomic mass is 79.9. The summed E-state index contributed by atoms with van der Waals surface area (Å²) in [7, 11) is -3.29. The second-order valence-corrected chi connectivity index (χ2v) is 7.29. The Labute approximate surface area is 123 Å². The first-order chi connectivity index (χ1) is 8.91. The Bertz CT molecular complexity index is 492. The van der Waals surface area contributed by atoms with Crippen molar-refractivity contribution >= 4 is 31.6 Å². The number of rotatable bonds is 8. The molecule has 1 rings (SSSR count). The van der Waals surface area contributed by atoms with Gasteiger partial charge in [0.05, 0.1) is 15.9 Å². The molecule has 0 saturated carbocycles. The summed E-state index contributed by atoms with van der Waals surface area (Å²) in [5.74, 6) is 0.127. The summed E-state index contributed by atoms with van der Waals surface area (Å²) < 4.78 is 26.9. The third kappa shape index (κ3) is 6.89. The lowest BCUT2D eigenvalue weighted by atomic mass is 10.3. The molecule has 1 heterocycles. The number of unbranched alkanes of at least 4 members (excludes halogenated alkanes) is 1. The molecule has 0 fully saturated rings. The first-order valence-electron chi connectivity index (χ1n) is 6.24. The molecule has 0 atom stereocenters. The number of sulfonamides is 1. The van der Waals surface area contributed by atoms with Crippen molar-refractivity contribution in [1.29, 1.82) is 0 Å². The van der Waals surface area contributed by atoms with Gasteiger partial charge in [0.2, 0.25) is 10.0 Å². The third-order valence-electron chi connectivity index (χ3n) is 2.43. The summed E-state index contributed by atoms with van der Waals surface area (Å²) in [6.07, 6.45) is 4.59. The Kier molecular flexibility index (Phi) is 6.74. The van der Waals surface area contributed by atoms with Crippen LogP contribution in [0.25, 0.3) is 0 Å². The van der Waals surface area contributed by atoms with Gasteiger partial charge in [0.1, 0.15) is 0 Å². The first-order valence-corrected chi connectivity index (χ1v) is 8.68. The molecule has 0 aromatic carbocycles. The van der Waals surface area contributed by atoms with Gasteiger partial charge in [-0.05, 0) is 41.4 Å². The number of halogens is 1. The molecule has 0 aliphatic carbocycles.